The zero-order chi connectivity index (χ0) is 17.4. The molecule has 0 spiro atoms. The summed E-state index contributed by atoms with van der Waals surface area (Å²) in [6.07, 6.45) is 6.14. The number of nitrogens with one attached hydrogen (secondary N) is 1. The lowest BCUT2D eigenvalue weighted by molar-refractivity contribution is 0.0687. The maximum Gasteiger partial charge on any atom is 0.254 e. The number of rotatable bonds is 2. The summed E-state index contributed by atoms with van der Waals surface area (Å²) in [5.74, 6) is -0.538. The predicted molar refractivity (Wildman–Crippen MR) is 94.5 cm³/mol. The molecule has 5 rings (SSSR count). The number of aromatic nitrogens is 1. The first-order valence-electron chi connectivity index (χ1n) is 8.67. The van der Waals surface area contributed by atoms with E-state index in [0.29, 0.717) is 28.4 Å². The van der Waals surface area contributed by atoms with Crippen LogP contribution in [0.2, 0.25) is 0 Å². The average Bonchev–Trinajstić information content (AvgIpc) is 2.96. The van der Waals surface area contributed by atoms with E-state index >= 15 is 0 Å². The Bertz CT molecular complexity index is 802. The number of nitrogen functional groups attached to an aromatic ring is 1. The minimum atomic E-state index is -0.444. The Kier molecular flexibility index (Phi) is 4.13. The highest BCUT2D eigenvalue weighted by atomic mass is 19.1. The Labute approximate surface area is 146 Å². The normalized spacial score (nSPS) is 22.7. The number of fused-ring (bicyclic) bond motifs is 4. The largest absolute Gasteiger partial charge is 0.397 e. The number of pyridine rings is 1. The number of hydrogen-bond donors (Lipinski definition) is 2. The van der Waals surface area contributed by atoms with Gasteiger partial charge in [0.05, 0.1) is 11.9 Å². The molecule has 4 heterocycles. The lowest BCUT2D eigenvalue weighted by atomic mass is 10.0. The molecule has 3 N–H and O–H groups in total. The molecule has 1 amide bonds. The lowest BCUT2D eigenvalue weighted by Gasteiger charge is -2.31. The molecule has 6 heteroatoms. The maximum atomic E-state index is 14.7. The molecule has 130 valence electrons. The summed E-state index contributed by atoms with van der Waals surface area (Å²) in [4.78, 5) is 18.7. The number of carbonyl (C=O) groups is 1. The molecule has 25 heavy (non-hydrogen) atoms. The molecule has 2 bridgehead atoms. The first-order valence-corrected chi connectivity index (χ1v) is 8.67. The van der Waals surface area contributed by atoms with E-state index in [-0.39, 0.29) is 11.9 Å². The number of anilines is 1. The number of nitrogens with zero attached hydrogens (tertiary/aromatic N) is 2. The number of halogens is 1. The third-order valence-electron chi connectivity index (χ3n) is 5.27. The Morgan fingerprint density at radius 3 is 2.84 bits per heavy atom. The molecule has 2 aromatic rings. The van der Waals surface area contributed by atoms with Crippen molar-refractivity contribution in [1.29, 1.82) is 0 Å². The number of amides is 1. The number of benzene rings is 1. The summed E-state index contributed by atoms with van der Waals surface area (Å²) < 4.78 is 14.7. The number of nitrogens with two attached hydrogens (primary N) is 1. The summed E-state index contributed by atoms with van der Waals surface area (Å²) in [6, 6.07) is 7.01. The van der Waals surface area contributed by atoms with Crippen molar-refractivity contribution in [3.8, 4) is 11.1 Å². The number of carbonyl (C=O) groups excluding carboxylic acids is 1. The van der Waals surface area contributed by atoms with Gasteiger partial charge in [0, 0.05) is 48.1 Å². The topological polar surface area (TPSA) is 71.2 Å². The highest BCUT2D eigenvalue weighted by Gasteiger charge is 2.33. The maximum absolute atomic E-state index is 14.7. The summed E-state index contributed by atoms with van der Waals surface area (Å²) in [5, 5.41) is 3.48. The van der Waals surface area contributed by atoms with Gasteiger partial charge in [-0.05, 0) is 37.5 Å². The quantitative estimate of drug-likeness (QED) is 0.881. The Hall–Kier alpha value is -2.47. The third kappa shape index (κ3) is 2.98. The predicted octanol–water partition coefficient (Wildman–Crippen LogP) is 2.44. The van der Waals surface area contributed by atoms with E-state index in [4.69, 9.17) is 5.73 Å². The summed E-state index contributed by atoms with van der Waals surface area (Å²) in [5.41, 5.74) is 7.66. The summed E-state index contributed by atoms with van der Waals surface area (Å²) in [6.45, 7) is 1.55. The molecule has 1 aromatic heterocycles. The monoisotopic (exact) mass is 340 g/mol. The molecule has 0 aliphatic carbocycles. The van der Waals surface area contributed by atoms with Crippen LogP contribution in [0.25, 0.3) is 11.1 Å². The van der Waals surface area contributed by atoms with Gasteiger partial charge in [-0.2, -0.15) is 0 Å². The van der Waals surface area contributed by atoms with E-state index in [0.717, 1.165) is 32.4 Å². The number of piperidine rings is 1. The second kappa shape index (κ2) is 6.44. The Morgan fingerprint density at radius 2 is 2.12 bits per heavy atom. The van der Waals surface area contributed by atoms with Crippen molar-refractivity contribution < 1.29 is 9.18 Å². The van der Waals surface area contributed by atoms with E-state index in [2.05, 4.69) is 10.3 Å². The van der Waals surface area contributed by atoms with Crippen LogP contribution in [0.15, 0.2) is 36.7 Å². The van der Waals surface area contributed by atoms with Gasteiger partial charge in [0.25, 0.3) is 5.91 Å². The van der Waals surface area contributed by atoms with Crippen molar-refractivity contribution in [3.05, 3.63) is 48.0 Å². The Balaban J connectivity index is 1.62. The molecule has 1 aromatic carbocycles. The van der Waals surface area contributed by atoms with Crippen LogP contribution in [0.1, 0.15) is 29.6 Å². The van der Waals surface area contributed by atoms with E-state index in [1.165, 1.54) is 12.3 Å². The van der Waals surface area contributed by atoms with E-state index in [1.807, 2.05) is 4.90 Å². The van der Waals surface area contributed by atoms with Gasteiger partial charge in [-0.25, -0.2) is 4.39 Å². The van der Waals surface area contributed by atoms with Crippen LogP contribution in [-0.2, 0) is 0 Å². The molecule has 3 aliphatic heterocycles. The van der Waals surface area contributed by atoms with E-state index < -0.39 is 5.82 Å². The molecule has 3 aliphatic rings. The highest BCUT2D eigenvalue weighted by Crippen LogP contribution is 2.29. The van der Waals surface area contributed by atoms with Crippen LogP contribution >= 0.6 is 0 Å². The smallest absolute Gasteiger partial charge is 0.254 e. The van der Waals surface area contributed by atoms with Crippen molar-refractivity contribution in [3.63, 3.8) is 0 Å². The molecule has 0 radical (unpaired) electrons. The van der Waals surface area contributed by atoms with Gasteiger partial charge in [-0.1, -0.05) is 6.07 Å². The average molecular weight is 340 g/mol. The van der Waals surface area contributed by atoms with E-state index in [1.54, 1.807) is 24.4 Å². The van der Waals surface area contributed by atoms with Crippen molar-refractivity contribution in [2.45, 2.75) is 31.3 Å². The second-order valence-electron chi connectivity index (χ2n) is 6.78. The van der Waals surface area contributed by atoms with Gasteiger partial charge in [0.2, 0.25) is 0 Å². The molecular formula is C19H21FN4O. The van der Waals surface area contributed by atoms with Crippen LogP contribution in [0, 0.1) is 5.82 Å². The fourth-order valence-electron chi connectivity index (χ4n) is 3.84. The summed E-state index contributed by atoms with van der Waals surface area (Å²) >= 11 is 0. The van der Waals surface area contributed by atoms with Crippen molar-refractivity contribution in [1.82, 2.24) is 15.2 Å². The summed E-state index contributed by atoms with van der Waals surface area (Å²) in [7, 11) is 0. The van der Waals surface area contributed by atoms with Gasteiger partial charge in [0.15, 0.2) is 0 Å². The van der Waals surface area contributed by atoms with Crippen LogP contribution in [0.5, 0.6) is 0 Å². The van der Waals surface area contributed by atoms with Gasteiger partial charge in [-0.3, -0.25) is 9.78 Å². The SMILES string of the molecule is Nc1cnccc1-c1ccc(C(=O)N2CCC3CCC2CN3)cc1F. The van der Waals surface area contributed by atoms with Crippen molar-refractivity contribution >= 4 is 11.6 Å². The van der Waals surface area contributed by atoms with Gasteiger partial charge < -0.3 is 16.0 Å². The number of hydrogen-bond acceptors (Lipinski definition) is 4. The fraction of sp³-hybridized carbons (Fsp3) is 0.368. The molecule has 0 saturated carbocycles. The first kappa shape index (κ1) is 16.0. The second-order valence-corrected chi connectivity index (χ2v) is 6.78. The highest BCUT2D eigenvalue weighted by molar-refractivity contribution is 5.95. The van der Waals surface area contributed by atoms with Crippen molar-refractivity contribution in [2.24, 2.45) is 0 Å². The van der Waals surface area contributed by atoms with Gasteiger partial charge in [0.1, 0.15) is 5.82 Å². The fourth-order valence-corrected chi connectivity index (χ4v) is 3.84. The molecule has 2 atom stereocenters. The molecule has 5 nitrogen and oxygen atoms in total. The standard InChI is InChI=1S/C19H21FN4O/c20-17-9-12(1-4-15(17)16-5-7-22-11-18(16)21)19(25)24-8-6-13-2-3-14(24)10-23-13/h1,4-5,7,9,11,13-14,23H,2-3,6,8,10,21H2. The van der Waals surface area contributed by atoms with Crippen LogP contribution in [-0.4, -0.2) is 41.0 Å². The van der Waals surface area contributed by atoms with Gasteiger partial charge in [-0.15, -0.1) is 0 Å². The zero-order valence-corrected chi connectivity index (χ0v) is 13.9. The zero-order valence-electron chi connectivity index (χ0n) is 13.9. The molecule has 3 fully saturated rings. The van der Waals surface area contributed by atoms with Gasteiger partial charge >= 0.3 is 0 Å². The molecule has 3 saturated heterocycles. The Morgan fingerprint density at radius 1 is 1.24 bits per heavy atom. The van der Waals surface area contributed by atoms with Crippen LogP contribution in [0.3, 0.4) is 0 Å². The lowest BCUT2D eigenvalue weighted by Crippen LogP contribution is -2.46. The van der Waals surface area contributed by atoms with Crippen LogP contribution in [0.4, 0.5) is 10.1 Å². The molecular weight excluding hydrogens is 319 g/mol. The van der Waals surface area contributed by atoms with Crippen molar-refractivity contribution in [2.75, 3.05) is 18.8 Å². The minimum Gasteiger partial charge on any atom is -0.397 e. The minimum absolute atomic E-state index is 0.0949. The first-order chi connectivity index (χ1) is 12.1. The third-order valence-corrected chi connectivity index (χ3v) is 5.27. The van der Waals surface area contributed by atoms with Crippen LogP contribution < -0.4 is 11.1 Å². The van der Waals surface area contributed by atoms with E-state index in [9.17, 15) is 9.18 Å². The molecule has 2 unspecified atom stereocenters.